The third-order valence-electron chi connectivity index (χ3n) is 4.10. The van der Waals surface area contributed by atoms with Gasteiger partial charge in [-0.05, 0) is 42.9 Å². The molecule has 0 saturated carbocycles. The lowest BCUT2D eigenvalue weighted by Crippen LogP contribution is -2.39. The number of hydrogen-bond acceptors (Lipinski definition) is 1. The van der Waals surface area contributed by atoms with Crippen LogP contribution in [0.1, 0.15) is 28.9 Å². The van der Waals surface area contributed by atoms with Crippen molar-refractivity contribution in [3.63, 3.8) is 0 Å². The zero-order chi connectivity index (χ0) is 13.8. The van der Waals surface area contributed by atoms with Gasteiger partial charge in [-0.25, -0.2) is 0 Å². The average Bonchev–Trinajstić information content (AvgIpc) is 3.03. The van der Waals surface area contributed by atoms with E-state index in [1.165, 1.54) is 5.56 Å². The third kappa shape index (κ3) is 2.93. The summed E-state index contributed by atoms with van der Waals surface area (Å²) in [5, 5.41) is 0. The Morgan fingerprint density at radius 3 is 2.50 bits per heavy atom. The van der Waals surface area contributed by atoms with E-state index in [4.69, 9.17) is 0 Å². The van der Waals surface area contributed by atoms with Gasteiger partial charge in [0.15, 0.2) is 0 Å². The lowest BCUT2D eigenvalue weighted by molar-refractivity contribution is 0.0685. The molecule has 1 aliphatic heterocycles. The topological polar surface area (TPSA) is 36.1 Å². The SMILES string of the molecule is O=C(c1ccc[nH]1)N1CCC(Cc2ccccc2)CC1. The molecule has 0 radical (unpaired) electrons. The van der Waals surface area contributed by atoms with E-state index in [9.17, 15) is 4.79 Å². The molecule has 20 heavy (non-hydrogen) atoms. The van der Waals surface area contributed by atoms with Crippen molar-refractivity contribution >= 4 is 5.91 Å². The second-order valence-corrected chi connectivity index (χ2v) is 5.51. The highest BCUT2D eigenvalue weighted by Gasteiger charge is 2.23. The van der Waals surface area contributed by atoms with E-state index in [0.717, 1.165) is 32.4 Å². The summed E-state index contributed by atoms with van der Waals surface area (Å²) in [6.45, 7) is 1.74. The molecule has 2 aromatic rings. The molecule has 2 heterocycles. The van der Waals surface area contributed by atoms with Gasteiger partial charge in [0, 0.05) is 19.3 Å². The average molecular weight is 268 g/mol. The highest BCUT2D eigenvalue weighted by molar-refractivity contribution is 5.92. The molecule has 1 N–H and O–H groups in total. The predicted octanol–water partition coefficient (Wildman–Crippen LogP) is 3.11. The fourth-order valence-corrected chi connectivity index (χ4v) is 2.92. The maximum absolute atomic E-state index is 12.2. The fraction of sp³-hybridized carbons (Fsp3) is 0.353. The fourth-order valence-electron chi connectivity index (χ4n) is 2.92. The van der Waals surface area contributed by atoms with Crippen LogP contribution in [0.4, 0.5) is 0 Å². The van der Waals surface area contributed by atoms with E-state index >= 15 is 0 Å². The molecule has 0 atom stereocenters. The predicted molar refractivity (Wildman–Crippen MR) is 79.6 cm³/mol. The van der Waals surface area contributed by atoms with Gasteiger partial charge in [-0.1, -0.05) is 30.3 Å². The van der Waals surface area contributed by atoms with Crippen LogP contribution in [-0.4, -0.2) is 28.9 Å². The van der Waals surface area contributed by atoms with Crippen LogP contribution in [0.25, 0.3) is 0 Å². The number of hydrogen-bond donors (Lipinski definition) is 1. The number of likely N-dealkylation sites (tertiary alicyclic amines) is 1. The first-order chi connectivity index (χ1) is 9.83. The number of rotatable bonds is 3. The molecule has 104 valence electrons. The van der Waals surface area contributed by atoms with Gasteiger partial charge in [-0.2, -0.15) is 0 Å². The molecule has 1 aliphatic rings. The maximum atomic E-state index is 12.2. The van der Waals surface area contributed by atoms with Crippen LogP contribution >= 0.6 is 0 Å². The van der Waals surface area contributed by atoms with E-state index < -0.39 is 0 Å². The zero-order valence-electron chi connectivity index (χ0n) is 11.6. The Morgan fingerprint density at radius 2 is 1.85 bits per heavy atom. The number of benzene rings is 1. The van der Waals surface area contributed by atoms with Crippen molar-refractivity contribution in [1.29, 1.82) is 0 Å². The molecular formula is C17H20N2O. The largest absolute Gasteiger partial charge is 0.357 e. The summed E-state index contributed by atoms with van der Waals surface area (Å²) in [5.41, 5.74) is 2.10. The zero-order valence-corrected chi connectivity index (χ0v) is 11.6. The van der Waals surface area contributed by atoms with Crippen molar-refractivity contribution in [3.05, 3.63) is 59.9 Å². The van der Waals surface area contributed by atoms with Crippen LogP contribution in [0.5, 0.6) is 0 Å². The van der Waals surface area contributed by atoms with Crippen LogP contribution in [0.15, 0.2) is 48.7 Å². The quantitative estimate of drug-likeness (QED) is 0.912. The van der Waals surface area contributed by atoms with Gasteiger partial charge in [-0.15, -0.1) is 0 Å². The lowest BCUT2D eigenvalue weighted by Gasteiger charge is -2.31. The second-order valence-electron chi connectivity index (χ2n) is 5.51. The van der Waals surface area contributed by atoms with Gasteiger partial charge in [0.25, 0.3) is 5.91 Å². The first-order valence-electron chi connectivity index (χ1n) is 7.29. The van der Waals surface area contributed by atoms with Gasteiger partial charge in [0.1, 0.15) is 5.69 Å². The van der Waals surface area contributed by atoms with Crippen LogP contribution in [-0.2, 0) is 6.42 Å². The Bertz CT molecular complexity index is 540. The molecule has 1 aromatic carbocycles. The molecule has 1 aromatic heterocycles. The second kappa shape index (κ2) is 5.95. The first-order valence-corrected chi connectivity index (χ1v) is 7.29. The summed E-state index contributed by atoms with van der Waals surface area (Å²) in [6, 6.07) is 14.3. The van der Waals surface area contributed by atoms with Crippen LogP contribution < -0.4 is 0 Å². The van der Waals surface area contributed by atoms with Crippen molar-refractivity contribution in [2.75, 3.05) is 13.1 Å². The van der Waals surface area contributed by atoms with Crippen LogP contribution in [0.3, 0.4) is 0 Å². The molecule has 3 rings (SSSR count). The van der Waals surface area contributed by atoms with Crippen LogP contribution in [0, 0.1) is 5.92 Å². The van der Waals surface area contributed by atoms with E-state index in [1.54, 1.807) is 6.20 Å². The summed E-state index contributed by atoms with van der Waals surface area (Å²) in [6.07, 6.45) is 5.13. The number of aromatic amines is 1. The number of H-pyrrole nitrogens is 1. The van der Waals surface area contributed by atoms with Crippen molar-refractivity contribution in [3.8, 4) is 0 Å². The number of nitrogens with one attached hydrogen (secondary N) is 1. The van der Waals surface area contributed by atoms with E-state index in [1.807, 2.05) is 17.0 Å². The van der Waals surface area contributed by atoms with Crippen molar-refractivity contribution < 1.29 is 4.79 Å². The molecule has 3 nitrogen and oxygen atoms in total. The summed E-state index contributed by atoms with van der Waals surface area (Å²) >= 11 is 0. The maximum Gasteiger partial charge on any atom is 0.270 e. The highest BCUT2D eigenvalue weighted by Crippen LogP contribution is 2.22. The third-order valence-corrected chi connectivity index (χ3v) is 4.10. The lowest BCUT2D eigenvalue weighted by atomic mass is 9.90. The number of aromatic nitrogens is 1. The van der Waals surface area contributed by atoms with E-state index in [-0.39, 0.29) is 5.91 Å². The number of amides is 1. The Labute approximate surface area is 119 Å². The summed E-state index contributed by atoms with van der Waals surface area (Å²) in [4.78, 5) is 17.2. The van der Waals surface area contributed by atoms with Gasteiger partial charge in [0.2, 0.25) is 0 Å². The minimum atomic E-state index is 0.133. The Balaban J connectivity index is 1.53. The standard InChI is InChI=1S/C17H20N2O/c20-17(16-7-4-10-18-16)19-11-8-15(9-12-19)13-14-5-2-1-3-6-14/h1-7,10,15,18H,8-9,11-13H2. The Hall–Kier alpha value is -2.03. The van der Waals surface area contributed by atoms with Gasteiger partial charge in [-0.3, -0.25) is 4.79 Å². The van der Waals surface area contributed by atoms with Gasteiger partial charge < -0.3 is 9.88 Å². The Morgan fingerprint density at radius 1 is 1.10 bits per heavy atom. The highest BCUT2D eigenvalue weighted by atomic mass is 16.2. The molecule has 1 amide bonds. The number of carbonyl (C=O) groups is 1. The van der Waals surface area contributed by atoms with Crippen molar-refractivity contribution in [2.45, 2.75) is 19.3 Å². The monoisotopic (exact) mass is 268 g/mol. The normalized spacial score (nSPS) is 16.3. The molecule has 0 spiro atoms. The molecule has 0 aliphatic carbocycles. The van der Waals surface area contributed by atoms with Crippen LogP contribution in [0.2, 0.25) is 0 Å². The van der Waals surface area contributed by atoms with E-state index in [0.29, 0.717) is 11.6 Å². The summed E-state index contributed by atoms with van der Waals surface area (Å²) in [5.74, 6) is 0.832. The molecule has 3 heteroatoms. The molecule has 0 unspecified atom stereocenters. The molecule has 1 fully saturated rings. The van der Waals surface area contributed by atoms with Gasteiger partial charge in [0.05, 0.1) is 0 Å². The first kappa shape index (κ1) is 13.0. The molecule has 0 bridgehead atoms. The smallest absolute Gasteiger partial charge is 0.270 e. The number of piperidine rings is 1. The molecule has 1 saturated heterocycles. The van der Waals surface area contributed by atoms with Gasteiger partial charge >= 0.3 is 0 Å². The molecular weight excluding hydrogens is 248 g/mol. The summed E-state index contributed by atoms with van der Waals surface area (Å²) in [7, 11) is 0. The van der Waals surface area contributed by atoms with E-state index in [2.05, 4.69) is 35.3 Å². The summed E-state index contributed by atoms with van der Waals surface area (Å²) < 4.78 is 0. The minimum Gasteiger partial charge on any atom is -0.357 e. The Kier molecular flexibility index (Phi) is 3.86. The number of carbonyl (C=O) groups excluding carboxylic acids is 1. The number of nitrogens with zero attached hydrogens (tertiary/aromatic N) is 1. The van der Waals surface area contributed by atoms with Crippen molar-refractivity contribution in [1.82, 2.24) is 9.88 Å². The van der Waals surface area contributed by atoms with Crippen molar-refractivity contribution in [2.24, 2.45) is 5.92 Å². The minimum absolute atomic E-state index is 0.133.